The molecule has 0 bridgehead atoms. The zero-order valence-electron chi connectivity index (χ0n) is 11.5. The van der Waals surface area contributed by atoms with Crippen molar-refractivity contribution in [2.24, 2.45) is 4.99 Å². The third-order valence-corrected chi connectivity index (χ3v) is 2.90. The largest absolute Gasteiger partial charge is 0.357 e. The van der Waals surface area contributed by atoms with Crippen LogP contribution in [0.4, 0.5) is 0 Å². The van der Waals surface area contributed by atoms with Gasteiger partial charge in [0.05, 0.1) is 10.7 Å². The molecule has 4 nitrogen and oxygen atoms in total. The van der Waals surface area contributed by atoms with Gasteiger partial charge >= 0.3 is 0 Å². The highest BCUT2D eigenvalue weighted by Crippen LogP contribution is 2.08. The molecule has 0 aliphatic heterocycles. The number of aryl methyl sites for hydroxylation is 1. The average molecular weight is 382 g/mol. The normalized spacial score (nSPS) is 11.3. The molecular weight excluding hydrogens is 359 g/mol. The van der Waals surface area contributed by atoms with E-state index in [4.69, 9.17) is 0 Å². The van der Waals surface area contributed by atoms with Gasteiger partial charge in [0.15, 0.2) is 5.96 Å². The van der Waals surface area contributed by atoms with Gasteiger partial charge in [-0.1, -0.05) is 0 Å². The molecule has 0 radical (unpaired) electrons. The molecule has 0 saturated heterocycles. The van der Waals surface area contributed by atoms with Gasteiger partial charge in [0.25, 0.3) is 0 Å². The average Bonchev–Trinajstić information content (AvgIpc) is 2.63. The second kappa shape index (κ2) is 9.55. The van der Waals surface area contributed by atoms with E-state index in [2.05, 4.69) is 46.8 Å². The van der Waals surface area contributed by atoms with Crippen molar-refractivity contribution < 1.29 is 0 Å². The summed E-state index contributed by atoms with van der Waals surface area (Å²) < 4.78 is 0. The summed E-state index contributed by atoms with van der Waals surface area (Å²) in [6.45, 7) is 9.97. The lowest BCUT2D eigenvalue weighted by Crippen LogP contribution is -2.41. The molecule has 0 atom stereocenters. The van der Waals surface area contributed by atoms with Crippen LogP contribution in [-0.4, -0.2) is 30.1 Å². The summed E-state index contributed by atoms with van der Waals surface area (Å²) in [5.41, 5.74) is 1.14. The summed E-state index contributed by atoms with van der Waals surface area (Å²) in [5, 5.41) is 9.75. The molecule has 104 valence electrons. The number of rotatable bonds is 5. The maximum Gasteiger partial charge on any atom is 0.191 e. The lowest BCUT2D eigenvalue weighted by molar-refractivity contribution is 0.700. The van der Waals surface area contributed by atoms with Gasteiger partial charge in [-0.25, -0.2) is 4.98 Å². The van der Waals surface area contributed by atoms with E-state index < -0.39 is 0 Å². The van der Waals surface area contributed by atoms with Crippen molar-refractivity contribution >= 4 is 41.3 Å². The minimum Gasteiger partial charge on any atom is -0.357 e. The van der Waals surface area contributed by atoms with Crippen molar-refractivity contribution in [3.05, 3.63) is 16.1 Å². The first-order chi connectivity index (χ1) is 8.11. The quantitative estimate of drug-likeness (QED) is 0.468. The predicted octanol–water partition coefficient (Wildman–Crippen LogP) is 2.58. The Labute approximate surface area is 131 Å². The molecular formula is C12H23IN4S. The molecule has 1 heterocycles. The molecule has 6 heteroatoms. The molecule has 0 aromatic carbocycles. The highest BCUT2D eigenvalue weighted by molar-refractivity contribution is 14.0. The topological polar surface area (TPSA) is 49.3 Å². The number of hydrogen-bond acceptors (Lipinski definition) is 3. The lowest BCUT2D eigenvalue weighted by Gasteiger charge is -2.13. The van der Waals surface area contributed by atoms with Crippen molar-refractivity contribution in [3.63, 3.8) is 0 Å². The summed E-state index contributed by atoms with van der Waals surface area (Å²) in [4.78, 5) is 8.94. The minimum absolute atomic E-state index is 0. The Morgan fingerprint density at radius 1 is 1.50 bits per heavy atom. The summed E-state index contributed by atoms with van der Waals surface area (Å²) in [6.07, 6.45) is 0.902. The third kappa shape index (κ3) is 7.15. The first-order valence-electron chi connectivity index (χ1n) is 6.07. The number of aliphatic imine (C=N–C) groups is 1. The molecule has 0 spiro atoms. The standard InChI is InChI=1S/C12H22N4S.HI/c1-5-13-12(15-9(2)3)14-7-6-11-8-17-10(4)16-11;/h8-9H,5-7H2,1-4H3,(H2,13,14,15);1H. The number of aromatic nitrogens is 1. The number of guanidine groups is 1. The van der Waals surface area contributed by atoms with Crippen molar-refractivity contribution in [1.29, 1.82) is 0 Å². The van der Waals surface area contributed by atoms with Crippen LogP contribution in [0, 0.1) is 6.92 Å². The highest BCUT2D eigenvalue weighted by Gasteiger charge is 2.00. The number of hydrogen-bond donors (Lipinski definition) is 2. The van der Waals surface area contributed by atoms with Gasteiger partial charge in [-0.2, -0.15) is 0 Å². The minimum atomic E-state index is 0. The van der Waals surface area contributed by atoms with E-state index in [0.717, 1.165) is 36.2 Å². The molecule has 1 rings (SSSR count). The van der Waals surface area contributed by atoms with Gasteiger partial charge < -0.3 is 10.6 Å². The van der Waals surface area contributed by atoms with E-state index in [0.29, 0.717) is 6.04 Å². The Morgan fingerprint density at radius 3 is 2.72 bits per heavy atom. The fourth-order valence-electron chi connectivity index (χ4n) is 1.40. The van der Waals surface area contributed by atoms with Gasteiger partial charge in [0.1, 0.15) is 0 Å². The Balaban J connectivity index is 0.00000289. The predicted molar refractivity (Wildman–Crippen MR) is 90.2 cm³/mol. The van der Waals surface area contributed by atoms with Gasteiger partial charge in [0, 0.05) is 30.9 Å². The fraction of sp³-hybridized carbons (Fsp3) is 0.667. The maximum atomic E-state index is 4.52. The van der Waals surface area contributed by atoms with E-state index in [1.165, 1.54) is 0 Å². The van der Waals surface area contributed by atoms with Crippen molar-refractivity contribution in [3.8, 4) is 0 Å². The second-order valence-electron chi connectivity index (χ2n) is 4.17. The molecule has 1 aromatic rings. The smallest absolute Gasteiger partial charge is 0.191 e. The number of thiazole rings is 1. The Kier molecular flexibility index (Phi) is 9.35. The van der Waals surface area contributed by atoms with Crippen molar-refractivity contribution in [1.82, 2.24) is 15.6 Å². The molecule has 0 fully saturated rings. The van der Waals surface area contributed by atoms with E-state index in [1.807, 2.05) is 6.92 Å². The van der Waals surface area contributed by atoms with E-state index in [9.17, 15) is 0 Å². The molecule has 18 heavy (non-hydrogen) atoms. The van der Waals surface area contributed by atoms with Crippen LogP contribution in [0.1, 0.15) is 31.5 Å². The highest BCUT2D eigenvalue weighted by atomic mass is 127. The number of halogens is 1. The van der Waals surface area contributed by atoms with Crippen molar-refractivity contribution in [2.75, 3.05) is 13.1 Å². The van der Waals surface area contributed by atoms with Crippen LogP contribution in [0.15, 0.2) is 10.4 Å². The molecule has 0 aliphatic rings. The van der Waals surface area contributed by atoms with Crippen LogP contribution in [0.5, 0.6) is 0 Å². The SMILES string of the molecule is CCNC(=NCCc1csc(C)n1)NC(C)C.I. The maximum absolute atomic E-state index is 4.52. The van der Waals surface area contributed by atoms with Crippen LogP contribution in [0.25, 0.3) is 0 Å². The number of nitrogens with one attached hydrogen (secondary N) is 2. The zero-order chi connectivity index (χ0) is 12.7. The fourth-order valence-corrected chi connectivity index (χ4v) is 2.05. The molecule has 0 amide bonds. The Bertz CT molecular complexity index is 363. The van der Waals surface area contributed by atoms with Crippen molar-refractivity contribution in [2.45, 2.75) is 40.2 Å². The lowest BCUT2D eigenvalue weighted by atomic mass is 10.3. The summed E-state index contributed by atoms with van der Waals surface area (Å²) >= 11 is 1.69. The van der Waals surface area contributed by atoms with Crippen LogP contribution in [0.2, 0.25) is 0 Å². The first kappa shape index (κ1) is 17.6. The van der Waals surface area contributed by atoms with Crippen LogP contribution < -0.4 is 10.6 Å². The summed E-state index contributed by atoms with van der Waals surface area (Å²) in [7, 11) is 0. The zero-order valence-corrected chi connectivity index (χ0v) is 14.6. The third-order valence-electron chi connectivity index (χ3n) is 2.07. The summed E-state index contributed by atoms with van der Waals surface area (Å²) in [6, 6.07) is 0.398. The molecule has 0 unspecified atom stereocenters. The van der Waals surface area contributed by atoms with E-state index >= 15 is 0 Å². The van der Waals surface area contributed by atoms with Gasteiger partial charge in [-0.05, 0) is 27.7 Å². The second-order valence-corrected chi connectivity index (χ2v) is 5.23. The van der Waals surface area contributed by atoms with Gasteiger partial charge in [0.2, 0.25) is 0 Å². The van der Waals surface area contributed by atoms with Gasteiger partial charge in [-0.15, -0.1) is 35.3 Å². The van der Waals surface area contributed by atoms with E-state index in [-0.39, 0.29) is 24.0 Å². The molecule has 2 N–H and O–H groups in total. The Hall–Kier alpha value is -0.370. The van der Waals surface area contributed by atoms with Crippen LogP contribution in [0.3, 0.4) is 0 Å². The molecule has 1 aromatic heterocycles. The summed E-state index contributed by atoms with van der Waals surface area (Å²) in [5.74, 6) is 0.884. The Morgan fingerprint density at radius 2 is 2.22 bits per heavy atom. The number of nitrogens with zero attached hydrogens (tertiary/aromatic N) is 2. The molecule has 0 saturated carbocycles. The van der Waals surface area contributed by atoms with Gasteiger partial charge in [-0.3, -0.25) is 4.99 Å². The molecule has 0 aliphatic carbocycles. The monoisotopic (exact) mass is 382 g/mol. The van der Waals surface area contributed by atoms with Crippen LogP contribution >= 0.6 is 35.3 Å². The van der Waals surface area contributed by atoms with Crippen LogP contribution in [-0.2, 0) is 6.42 Å². The first-order valence-corrected chi connectivity index (χ1v) is 6.95. The van der Waals surface area contributed by atoms with E-state index in [1.54, 1.807) is 11.3 Å².